The first-order chi connectivity index (χ1) is 14.0. The van der Waals surface area contributed by atoms with Gasteiger partial charge in [0.1, 0.15) is 11.5 Å². The fourth-order valence-electron chi connectivity index (χ4n) is 2.98. The molecule has 0 radical (unpaired) electrons. The molecule has 0 fully saturated rings. The van der Waals surface area contributed by atoms with Crippen molar-refractivity contribution >= 4 is 22.8 Å². The summed E-state index contributed by atoms with van der Waals surface area (Å²) in [5.74, 6) is -0.983. The van der Waals surface area contributed by atoms with E-state index in [1.165, 1.54) is 13.0 Å². The lowest BCUT2D eigenvalue weighted by atomic mass is 10.1. The predicted octanol–water partition coefficient (Wildman–Crippen LogP) is 2.91. The van der Waals surface area contributed by atoms with Gasteiger partial charge in [-0.2, -0.15) is 0 Å². The van der Waals surface area contributed by atoms with Gasteiger partial charge in [0.25, 0.3) is 0 Å². The van der Waals surface area contributed by atoms with Crippen molar-refractivity contribution in [2.45, 2.75) is 39.2 Å². The van der Waals surface area contributed by atoms with Crippen molar-refractivity contribution in [2.75, 3.05) is 12.0 Å². The van der Waals surface area contributed by atoms with Crippen molar-refractivity contribution in [1.82, 2.24) is 30.7 Å². The van der Waals surface area contributed by atoms with Gasteiger partial charge in [-0.05, 0) is 18.9 Å². The zero-order chi connectivity index (χ0) is 20.8. The number of carbonyl (C=O) groups is 1. The second kappa shape index (κ2) is 9.37. The zero-order valence-corrected chi connectivity index (χ0v) is 16.2. The van der Waals surface area contributed by atoms with Crippen molar-refractivity contribution in [3.8, 4) is 11.4 Å². The van der Waals surface area contributed by atoms with Gasteiger partial charge in [-0.25, -0.2) is 29.2 Å². The molecule has 154 valence electrons. The van der Waals surface area contributed by atoms with Crippen molar-refractivity contribution in [1.29, 1.82) is 0 Å². The average molecular weight is 403 g/mol. The highest BCUT2D eigenvalue weighted by Gasteiger charge is 2.15. The number of anilines is 1. The summed E-state index contributed by atoms with van der Waals surface area (Å²) in [6.45, 7) is 4.02. The molecule has 0 aromatic carbocycles. The number of H-pyrrole nitrogens is 1. The number of nitrogens with zero attached hydrogens (tertiary/aromatic N) is 3. The first kappa shape index (κ1) is 20.6. The second-order valence-corrected chi connectivity index (χ2v) is 6.67. The number of hydrogen-bond donors (Lipinski definition) is 4. The van der Waals surface area contributed by atoms with E-state index in [1.54, 1.807) is 6.20 Å². The molecular weight excluding hydrogens is 380 g/mol. The molecule has 0 saturated carbocycles. The van der Waals surface area contributed by atoms with Gasteiger partial charge in [-0.15, -0.1) is 0 Å². The molecule has 3 aromatic heterocycles. The molecule has 10 heteroatoms. The highest BCUT2D eigenvalue weighted by Crippen LogP contribution is 2.26. The van der Waals surface area contributed by atoms with E-state index in [-0.39, 0.29) is 23.6 Å². The minimum absolute atomic E-state index is 0.0102. The fourth-order valence-corrected chi connectivity index (χ4v) is 2.98. The summed E-state index contributed by atoms with van der Waals surface area (Å²) in [6, 6.07) is 1.34. The van der Waals surface area contributed by atoms with E-state index in [2.05, 4.69) is 36.1 Å². The molecule has 0 bridgehead atoms. The normalized spacial score (nSPS) is 12.1. The minimum Gasteiger partial charge on any atom is -0.356 e. The Labute approximate surface area is 166 Å². The van der Waals surface area contributed by atoms with Crippen LogP contribution in [-0.2, 0) is 4.79 Å². The molecule has 4 N–H and O–H groups in total. The molecule has 1 amide bonds. The number of halogens is 2. The molecular formula is C19H23F2N7O. The monoisotopic (exact) mass is 403 g/mol. The molecule has 0 aliphatic rings. The second-order valence-electron chi connectivity index (χ2n) is 6.67. The predicted molar refractivity (Wildman–Crippen MR) is 106 cm³/mol. The third-order valence-electron chi connectivity index (χ3n) is 4.38. The molecule has 0 saturated heterocycles. The Bertz CT molecular complexity index is 992. The van der Waals surface area contributed by atoms with Crippen molar-refractivity contribution in [3.63, 3.8) is 0 Å². The van der Waals surface area contributed by atoms with Crippen molar-refractivity contribution in [2.24, 2.45) is 0 Å². The van der Waals surface area contributed by atoms with Crippen molar-refractivity contribution in [3.05, 3.63) is 36.3 Å². The van der Waals surface area contributed by atoms with Gasteiger partial charge in [0, 0.05) is 36.7 Å². The molecule has 3 rings (SSSR count). The third-order valence-corrected chi connectivity index (χ3v) is 4.38. The number of rotatable bonds is 9. The lowest BCUT2D eigenvalue weighted by Crippen LogP contribution is -2.37. The van der Waals surface area contributed by atoms with E-state index < -0.39 is 11.6 Å². The van der Waals surface area contributed by atoms with Gasteiger partial charge in [-0.1, -0.05) is 13.3 Å². The van der Waals surface area contributed by atoms with E-state index in [0.29, 0.717) is 29.6 Å². The number of aromatic amines is 1. The van der Waals surface area contributed by atoms with Gasteiger partial charge >= 0.3 is 0 Å². The number of aromatic nitrogens is 4. The van der Waals surface area contributed by atoms with E-state index >= 15 is 0 Å². The number of carbonyl (C=O) groups excluding carboxylic acids is 1. The van der Waals surface area contributed by atoms with Gasteiger partial charge in [-0.3, -0.25) is 4.79 Å². The van der Waals surface area contributed by atoms with Gasteiger partial charge in [0.15, 0.2) is 17.5 Å². The number of hydrazine groups is 1. The van der Waals surface area contributed by atoms with Crippen LogP contribution in [0.3, 0.4) is 0 Å². The molecule has 29 heavy (non-hydrogen) atoms. The van der Waals surface area contributed by atoms with Crippen LogP contribution in [0, 0.1) is 11.6 Å². The Morgan fingerprint density at radius 1 is 1.24 bits per heavy atom. The number of amides is 1. The summed E-state index contributed by atoms with van der Waals surface area (Å²) in [6.07, 6.45) is 6.20. The van der Waals surface area contributed by atoms with Gasteiger partial charge in [0.05, 0.1) is 12.4 Å². The van der Waals surface area contributed by atoms with E-state index in [1.807, 2.05) is 6.92 Å². The maximum Gasteiger partial charge on any atom is 0.216 e. The molecule has 1 atom stereocenters. The van der Waals surface area contributed by atoms with Crippen LogP contribution in [0.5, 0.6) is 0 Å². The largest absolute Gasteiger partial charge is 0.356 e. The maximum atomic E-state index is 14.2. The third kappa shape index (κ3) is 5.23. The van der Waals surface area contributed by atoms with Gasteiger partial charge in [0.2, 0.25) is 5.91 Å². The molecule has 0 unspecified atom stereocenters. The molecule has 3 heterocycles. The Morgan fingerprint density at radius 3 is 2.83 bits per heavy atom. The zero-order valence-electron chi connectivity index (χ0n) is 16.2. The van der Waals surface area contributed by atoms with Crippen LogP contribution in [0.25, 0.3) is 22.4 Å². The maximum absolute atomic E-state index is 14.2. The number of fused-ring (bicyclic) bond motifs is 1. The highest BCUT2D eigenvalue weighted by atomic mass is 19.1. The Morgan fingerprint density at radius 2 is 2.07 bits per heavy atom. The topological polar surface area (TPSA) is 108 Å². The summed E-state index contributed by atoms with van der Waals surface area (Å²) in [7, 11) is 0. The lowest BCUT2D eigenvalue weighted by Gasteiger charge is -2.19. The van der Waals surface area contributed by atoms with Crippen molar-refractivity contribution < 1.29 is 13.6 Å². The van der Waals surface area contributed by atoms with E-state index in [4.69, 9.17) is 0 Å². The van der Waals surface area contributed by atoms with Crippen LogP contribution in [0.4, 0.5) is 14.6 Å². The van der Waals surface area contributed by atoms with Crippen LogP contribution in [0.15, 0.2) is 24.7 Å². The molecule has 8 nitrogen and oxygen atoms in total. The van der Waals surface area contributed by atoms with Crippen LogP contribution in [0.2, 0.25) is 0 Å². The Hall–Kier alpha value is -3.14. The van der Waals surface area contributed by atoms with Crippen LogP contribution >= 0.6 is 0 Å². The summed E-state index contributed by atoms with van der Waals surface area (Å²) < 4.78 is 27.8. The summed E-state index contributed by atoms with van der Waals surface area (Å²) in [5.41, 5.74) is 6.88. The first-order valence-electron chi connectivity index (χ1n) is 9.39. The standard InChI is InChI=1S/C19H23F2N7O/c1-3-4-13(5-6-22-11(2)29)27-28-19-16(21)10-25-18(26-19)15-9-24-17-14(15)7-12(20)8-23-17/h7-10,13,27H,3-6H2,1-2H3,(H,22,29)(H,23,24)(H,25,26,28)/t13-/m0/s1. The summed E-state index contributed by atoms with van der Waals surface area (Å²) in [5, 5.41) is 3.26. The number of pyridine rings is 1. The number of hydrogen-bond acceptors (Lipinski definition) is 6. The Kier molecular flexibility index (Phi) is 6.65. The van der Waals surface area contributed by atoms with E-state index in [9.17, 15) is 13.6 Å². The quantitative estimate of drug-likeness (QED) is 0.409. The van der Waals surface area contributed by atoms with E-state index in [0.717, 1.165) is 25.2 Å². The van der Waals surface area contributed by atoms with Gasteiger partial charge < -0.3 is 15.7 Å². The molecule has 0 aliphatic heterocycles. The average Bonchev–Trinajstić information content (AvgIpc) is 3.10. The fraction of sp³-hybridized carbons (Fsp3) is 0.368. The Balaban J connectivity index is 1.76. The minimum atomic E-state index is -0.623. The molecule has 0 spiro atoms. The highest BCUT2D eigenvalue weighted by molar-refractivity contribution is 5.91. The smallest absolute Gasteiger partial charge is 0.216 e. The van der Waals surface area contributed by atoms with Crippen LogP contribution < -0.4 is 16.2 Å². The lowest BCUT2D eigenvalue weighted by molar-refractivity contribution is -0.118. The summed E-state index contributed by atoms with van der Waals surface area (Å²) >= 11 is 0. The summed E-state index contributed by atoms with van der Waals surface area (Å²) in [4.78, 5) is 26.2. The number of nitrogens with one attached hydrogen (secondary N) is 4. The van der Waals surface area contributed by atoms with Crippen LogP contribution in [0.1, 0.15) is 33.1 Å². The molecule has 0 aliphatic carbocycles. The first-order valence-corrected chi connectivity index (χ1v) is 9.39. The SMILES string of the molecule is CCC[C@@H](CCNC(C)=O)NNc1nc(-c2c[nH]c3ncc(F)cc23)ncc1F. The van der Waals surface area contributed by atoms with Crippen LogP contribution in [-0.4, -0.2) is 38.4 Å². The molecule has 3 aromatic rings.